The van der Waals surface area contributed by atoms with Crippen molar-refractivity contribution in [1.82, 2.24) is 4.90 Å². The highest BCUT2D eigenvalue weighted by atomic mass is 15.2. The predicted molar refractivity (Wildman–Crippen MR) is 72.7 cm³/mol. The van der Waals surface area contributed by atoms with Gasteiger partial charge in [0, 0.05) is 18.6 Å². The van der Waals surface area contributed by atoms with Gasteiger partial charge in [0.1, 0.15) is 0 Å². The molecule has 0 aromatic heterocycles. The predicted octanol–water partition coefficient (Wildman–Crippen LogP) is 2.63. The molecule has 2 nitrogen and oxygen atoms in total. The normalized spacial score (nSPS) is 30.4. The minimum Gasteiger partial charge on any atom is -0.330 e. The van der Waals surface area contributed by atoms with Crippen LogP contribution in [0.3, 0.4) is 0 Å². The molecule has 17 heavy (non-hydrogen) atoms. The monoisotopic (exact) mass is 232 g/mol. The molecule has 94 valence electrons. The zero-order valence-electron chi connectivity index (χ0n) is 11.0. The van der Waals surface area contributed by atoms with E-state index < -0.39 is 0 Å². The number of benzene rings is 1. The molecule has 1 heterocycles. The van der Waals surface area contributed by atoms with E-state index in [4.69, 9.17) is 5.73 Å². The molecule has 0 spiro atoms. The van der Waals surface area contributed by atoms with Crippen LogP contribution in [0, 0.1) is 5.92 Å². The first-order chi connectivity index (χ1) is 8.20. The molecule has 2 rings (SSSR count). The maximum atomic E-state index is 5.81. The van der Waals surface area contributed by atoms with Crippen molar-refractivity contribution in [1.29, 1.82) is 0 Å². The SMILES string of the molecule is C[C@H]1CC(CN)C[C@H](C)N1Cc1ccccc1. The highest BCUT2D eigenvalue weighted by Crippen LogP contribution is 2.28. The van der Waals surface area contributed by atoms with Gasteiger partial charge in [0.2, 0.25) is 0 Å². The first-order valence-electron chi connectivity index (χ1n) is 6.70. The molecule has 0 bridgehead atoms. The third kappa shape index (κ3) is 3.08. The van der Waals surface area contributed by atoms with Crippen molar-refractivity contribution in [3.8, 4) is 0 Å². The number of rotatable bonds is 3. The number of piperidine rings is 1. The molecule has 1 aliphatic heterocycles. The van der Waals surface area contributed by atoms with Gasteiger partial charge in [0.25, 0.3) is 0 Å². The Labute approximate surface area is 105 Å². The first-order valence-corrected chi connectivity index (χ1v) is 6.70. The van der Waals surface area contributed by atoms with Gasteiger partial charge in [0.05, 0.1) is 0 Å². The molecule has 1 fully saturated rings. The summed E-state index contributed by atoms with van der Waals surface area (Å²) in [6.45, 7) is 6.58. The van der Waals surface area contributed by atoms with E-state index >= 15 is 0 Å². The van der Waals surface area contributed by atoms with Crippen LogP contribution in [-0.4, -0.2) is 23.5 Å². The second-order valence-electron chi connectivity index (χ2n) is 5.43. The average Bonchev–Trinajstić information content (AvgIpc) is 2.35. The summed E-state index contributed by atoms with van der Waals surface area (Å²) in [6, 6.07) is 12.1. The van der Waals surface area contributed by atoms with E-state index in [1.165, 1.54) is 18.4 Å². The summed E-state index contributed by atoms with van der Waals surface area (Å²) >= 11 is 0. The Morgan fingerprint density at radius 1 is 1.12 bits per heavy atom. The van der Waals surface area contributed by atoms with Crippen molar-refractivity contribution < 1.29 is 0 Å². The summed E-state index contributed by atoms with van der Waals surface area (Å²) in [4.78, 5) is 2.61. The summed E-state index contributed by atoms with van der Waals surface area (Å²) in [5.41, 5.74) is 7.22. The van der Waals surface area contributed by atoms with Crippen molar-refractivity contribution in [2.24, 2.45) is 11.7 Å². The lowest BCUT2D eigenvalue weighted by Gasteiger charge is -2.42. The maximum absolute atomic E-state index is 5.81. The number of hydrogen-bond acceptors (Lipinski definition) is 2. The summed E-state index contributed by atoms with van der Waals surface area (Å²) in [5, 5.41) is 0. The van der Waals surface area contributed by atoms with Crippen LogP contribution in [0.2, 0.25) is 0 Å². The maximum Gasteiger partial charge on any atom is 0.0239 e. The number of hydrogen-bond donors (Lipinski definition) is 1. The van der Waals surface area contributed by atoms with Crippen molar-refractivity contribution in [2.75, 3.05) is 6.54 Å². The smallest absolute Gasteiger partial charge is 0.0239 e. The minimum atomic E-state index is 0.646. The van der Waals surface area contributed by atoms with Crippen LogP contribution in [0.15, 0.2) is 30.3 Å². The Morgan fingerprint density at radius 2 is 1.71 bits per heavy atom. The van der Waals surface area contributed by atoms with E-state index in [9.17, 15) is 0 Å². The highest BCUT2D eigenvalue weighted by molar-refractivity contribution is 5.15. The van der Waals surface area contributed by atoms with Crippen LogP contribution in [0.25, 0.3) is 0 Å². The zero-order chi connectivity index (χ0) is 12.3. The van der Waals surface area contributed by atoms with Crippen LogP contribution in [0.1, 0.15) is 32.3 Å². The van der Waals surface area contributed by atoms with Gasteiger partial charge in [-0.25, -0.2) is 0 Å². The fourth-order valence-electron chi connectivity index (χ4n) is 3.06. The molecule has 2 heteroatoms. The lowest BCUT2D eigenvalue weighted by molar-refractivity contribution is 0.0652. The number of nitrogens with two attached hydrogens (primary N) is 1. The molecule has 0 radical (unpaired) electrons. The largest absolute Gasteiger partial charge is 0.330 e. The molecular weight excluding hydrogens is 208 g/mol. The lowest BCUT2D eigenvalue weighted by atomic mass is 9.87. The molecule has 1 aliphatic rings. The van der Waals surface area contributed by atoms with Crippen LogP contribution in [-0.2, 0) is 6.54 Å². The summed E-state index contributed by atoms with van der Waals surface area (Å²) in [7, 11) is 0. The van der Waals surface area contributed by atoms with E-state index in [1.807, 2.05) is 0 Å². The summed E-state index contributed by atoms with van der Waals surface area (Å²) in [6.07, 6.45) is 2.49. The van der Waals surface area contributed by atoms with Gasteiger partial charge >= 0.3 is 0 Å². The van der Waals surface area contributed by atoms with Crippen molar-refractivity contribution in [3.05, 3.63) is 35.9 Å². The molecule has 0 aliphatic carbocycles. The molecule has 0 saturated carbocycles. The van der Waals surface area contributed by atoms with Gasteiger partial charge in [-0.2, -0.15) is 0 Å². The molecule has 0 amide bonds. The zero-order valence-corrected chi connectivity index (χ0v) is 11.0. The Morgan fingerprint density at radius 3 is 2.24 bits per heavy atom. The van der Waals surface area contributed by atoms with E-state index in [-0.39, 0.29) is 0 Å². The lowest BCUT2D eigenvalue weighted by Crippen LogP contribution is -2.47. The van der Waals surface area contributed by atoms with Gasteiger partial charge < -0.3 is 5.73 Å². The third-order valence-corrected chi connectivity index (χ3v) is 4.02. The number of nitrogens with zero attached hydrogens (tertiary/aromatic N) is 1. The standard InChI is InChI=1S/C15H24N2/c1-12-8-15(10-16)9-13(2)17(12)11-14-6-4-3-5-7-14/h3-7,12-13,15H,8-11,16H2,1-2H3/t12-,13-/m0/s1. The van der Waals surface area contributed by atoms with Crippen molar-refractivity contribution in [2.45, 2.75) is 45.3 Å². The molecule has 1 aromatic rings. The molecule has 2 N–H and O–H groups in total. The van der Waals surface area contributed by atoms with E-state index in [0.29, 0.717) is 18.0 Å². The Bertz CT molecular complexity index is 324. The number of likely N-dealkylation sites (tertiary alicyclic amines) is 1. The molecule has 2 atom stereocenters. The summed E-state index contributed by atoms with van der Waals surface area (Å²) in [5.74, 6) is 0.715. The molecule has 0 unspecified atom stereocenters. The van der Waals surface area contributed by atoms with Gasteiger partial charge in [-0.05, 0) is 44.7 Å². The Kier molecular flexibility index (Phi) is 4.19. The van der Waals surface area contributed by atoms with Crippen molar-refractivity contribution in [3.63, 3.8) is 0 Å². The Hall–Kier alpha value is -0.860. The quantitative estimate of drug-likeness (QED) is 0.868. The second kappa shape index (κ2) is 5.65. The Balaban J connectivity index is 2.01. The first kappa shape index (κ1) is 12.6. The van der Waals surface area contributed by atoms with E-state index in [0.717, 1.165) is 13.1 Å². The fourth-order valence-corrected chi connectivity index (χ4v) is 3.06. The van der Waals surface area contributed by atoms with Crippen LogP contribution in [0.5, 0.6) is 0 Å². The minimum absolute atomic E-state index is 0.646. The van der Waals surface area contributed by atoms with Gasteiger partial charge in [-0.3, -0.25) is 4.90 Å². The molecule has 1 aromatic carbocycles. The fraction of sp³-hybridized carbons (Fsp3) is 0.600. The average molecular weight is 232 g/mol. The molecular formula is C15H24N2. The third-order valence-electron chi connectivity index (χ3n) is 4.02. The van der Waals surface area contributed by atoms with Crippen molar-refractivity contribution >= 4 is 0 Å². The van der Waals surface area contributed by atoms with E-state index in [1.54, 1.807) is 0 Å². The molecule has 1 saturated heterocycles. The van der Waals surface area contributed by atoms with Crippen LogP contribution in [0.4, 0.5) is 0 Å². The van der Waals surface area contributed by atoms with E-state index in [2.05, 4.69) is 49.1 Å². The summed E-state index contributed by atoms with van der Waals surface area (Å²) < 4.78 is 0. The van der Waals surface area contributed by atoms with Crippen LogP contribution >= 0.6 is 0 Å². The topological polar surface area (TPSA) is 29.3 Å². The second-order valence-corrected chi connectivity index (χ2v) is 5.43. The van der Waals surface area contributed by atoms with Gasteiger partial charge in [-0.1, -0.05) is 30.3 Å². The highest BCUT2D eigenvalue weighted by Gasteiger charge is 2.29. The van der Waals surface area contributed by atoms with Crippen LogP contribution < -0.4 is 5.73 Å². The van der Waals surface area contributed by atoms with Gasteiger partial charge in [0.15, 0.2) is 0 Å². The van der Waals surface area contributed by atoms with Gasteiger partial charge in [-0.15, -0.1) is 0 Å².